The Hall–Kier alpha value is -1.43. The van der Waals surface area contributed by atoms with Gasteiger partial charge in [-0.05, 0) is 25.3 Å². The summed E-state index contributed by atoms with van der Waals surface area (Å²) in [6.45, 7) is 0.352. The Bertz CT molecular complexity index is 476. The quantitative estimate of drug-likeness (QED) is 0.893. The number of ether oxygens (including phenoxy) is 1. The van der Waals surface area contributed by atoms with Crippen LogP contribution >= 0.6 is 0 Å². The van der Waals surface area contributed by atoms with Gasteiger partial charge in [0, 0.05) is 24.2 Å². The molecule has 2 unspecified atom stereocenters. The average molecular weight is 303 g/mol. The molecule has 118 valence electrons. The zero-order valence-corrected chi connectivity index (χ0v) is 11.9. The van der Waals surface area contributed by atoms with Crippen molar-refractivity contribution >= 4 is 0 Å². The summed E-state index contributed by atoms with van der Waals surface area (Å²) in [7, 11) is 1.51. The van der Waals surface area contributed by atoms with Crippen LogP contribution in [0.1, 0.15) is 31.2 Å². The molecule has 0 saturated heterocycles. The first kappa shape index (κ1) is 15.9. The maximum absolute atomic E-state index is 12.7. The maximum atomic E-state index is 12.7. The Morgan fingerprint density at radius 1 is 1.33 bits per heavy atom. The van der Waals surface area contributed by atoms with Crippen LogP contribution in [0.4, 0.5) is 13.2 Å². The highest BCUT2D eigenvalue weighted by atomic mass is 19.4. The van der Waals surface area contributed by atoms with E-state index in [1.807, 2.05) is 0 Å². The number of rotatable bonds is 4. The Labute approximate surface area is 122 Å². The molecule has 3 nitrogen and oxygen atoms in total. The van der Waals surface area contributed by atoms with Gasteiger partial charge in [0.2, 0.25) is 0 Å². The van der Waals surface area contributed by atoms with Crippen molar-refractivity contribution in [1.29, 1.82) is 0 Å². The molecule has 0 spiro atoms. The maximum Gasteiger partial charge on any atom is 0.391 e. The predicted molar refractivity (Wildman–Crippen MR) is 73.3 cm³/mol. The second-order valence-corrected chi connectivity index (χ2v) is 5.48. The minimum atomic E-state index is -4.11. The summed E-state index contributed by atoms with van der Waals surface area (Å²) in [5, 5.41) is 13.0. The number of hydrogen-bond donors (Lipinski definition) is 2. The zero-order valence-electron chi connectivity index (χ0n) is 11.9. The van der Waals surface area contributed by atoms with Crippen molar-refractivity contribution in [3.63, 3.8) is 0 Å². The van der Waals surface area contributed by atoms with Crippen molar-refractivity contribution in [3.05, 3.63) is 23.8 Å². The number of aromatic hydroxyl groups is 1. The molecule has 1 fully saturated rings. The van der Waals surface area contributed by atoms with Crippen LogP contribution in [0, 0.1) is 5.92 Å². The highest BCUT2D eigenvalue weighted by Crippen LogP contribution is 2.37. The standard InChI is InChI=1S/C15H20F3NO2/c1-21-13-6-5-10(14(20)8-13)9-19-12-4-2-3-11(7-12)15(16,17)18/h5-6,8,11-12,19-20H,2-4,7,9H2,1H3. The zero-order chi connectivity index (χ0) is 15.5. The van der Waals surface area contributed by atoms with Crippen LogP contribution in [0.2, 0.25) is 0 Å². The lowest BCUT2D eigenvalue weighted by Crippen LogP contribution is -2.38. The largest absolute Gasteiger partial charge is 0.507 e. The van der Waals surface area contributed by atoms with Gasteiger partial charge in [0.1, 0.15) is 11.5 Å². The molecular formula is C15H20F3NO2. The molecule has 0 aromatic heterocycles. The van der Waals surface area contributed by atoms with Gasteiger partial charge in [-0.2, -0.15) is 13.2 Å². The first-order valence-electron chi connectivity index (χ1n) is 7.06. The lowest BCUT2D eigenvalue weighted by atomic mass is 9.85. The molecule has 0 aliphatic heterocycles. The molecule has 1 aromatic rings. The van der Waals surface area contributed by atoms with E-state index in [9.17, 15) is 18.3 Å². The molecule has 1 aliphatic rings. The second kappa shape index (κ2) is 6.56. The number of methoxy groups -OCH3 is 1. The van der Waals surface area contributed by atoms with Crippen molar-refractivity contribution in [2.45, 2.75) is 44.4 Å². The number of hydrogen-bond acceptors (Lipinski definition) is 3. The molecule has 2 atom stereocenters. The molecule has 6 heteroatoms. The highest BCUT2D eigenvalue weighted by molar-refractivity contribution is 5.39. The van der Waals surface area contributed by atoms with Crippen molar-refractivity contribution < 1.29 is 23.0 Å². The highest BCUT2D eigenvalue weighted by Gasteiger charge is 2.41. The van der Waals surface area contributed by atoms with Crippen LogP contribution in [0.5, 0.6) is 11.5 Å². The lowest BCUT2D eigenvalue weighted by Gasteiger charge is -2.31. The first-order chi connectivity index (χ1) is 9.90. The lowest BCUT2D eigenvalue weighted by molar-refractivity contribution is -0.183. The van der Waals surface area contributed by atoms with Crippen LogP contribution in [0.15, 0.2) is 18.2 Å². The van der Waals surface area contributed by atoms with Gasteiger partial charge < -0.3 is 15.2 Å². The van der Waals surface area contributed by atoms with Crippen molar-refractivity contribution in [2.24, 2.45) is 5.92 Å². The minimum Gasteiger partial charge on any atom is -0.507 e. The van der Waals surface area contributed by atoms with Gasteiger partial charge in [0.05, 0.1) is 13.0 Å². The van der Waals surface area contributed by atoms with Crippen LogP contribution in [-0.2, 0) is 6.54 Å². The fraction of sp³-hybridized carbons (Fsp3) is 0.600. The number of phenols is 1. The van der Waals surface area contributed by atoms with E-state index >= 15 is 0 Å². The van der Waals surface area contributed by atoms with E-state index in [1.165, 1.54) is 13.2 Å². The Kier molecular flexibility index (Phi) is 4.98. The smallest absolute Gasteiger partial charge is 0.391 e. The third-order valence-corrected chi connectivity index (χ3v) is 4.01. The summed E-state index contributed by atoms with van der Waals surface area (Å²) in [6.07, 6.45) is -2.46. The van der Waals surface area contributed by atoms with E-state index in [0.717, 1.165) is 6.42 Å². The van der Waals surface area contributed by atoms with Gasteiger partial charge in [0.25, 0.3) is 0 Å². The summed E-state index contributed by atoms with van der Waals surface area (Å²) in [6, 6.07) is 4.77. The topological polar surface area (TPSA) is 41.5 Å². The number of nitrogens with one attached hydrogen (secondary N) is 1. The molecule has 2 N–H and O–H groups in total. The fourth-order valence-corrected chi connectivity index (χ4v) is 2.75. The third-order valence-electron chi connectivity index (χ3n) is 4.01. The molecule has 2 rings (SSSR count). The van der Waals surface area contributed by atoms with Crippen LogP contribution in [0.25, 0.3) is 0 Å². The summed E-state index contributed by atoms with van der Waals surface area (Å²) in [5.41, 5.74) is 0.657. The minimum absolute atomic E-state index is 0.0880. The predicted octanol–water partition coefficient (Wildman–Crippen LogP) is 3.61. The second-order valence-electron chi connectivity index (χ2n) is 5.48. The Morgan fingerprint density at radius 3 is 2.71 bits per heavy atom. The fourth-order valence-electron chi connectivity index (χ4n) is 2.75. The third kappa shape index (κ3) is 4.27. The number of halogens is 3. The van der Waals surface area contributed by atoms with Crippen LogP contribution in [0.3, 0.4) is 0 Å². The van der Waals surface area contributed by atoms with Crippen molar-refractivity contribution in [3.8, 4) is 11.5 Å². The van der Waals surface area contributed by atoms with Gasteiger partial charge in [-0.15, -0.1) is 0 Å². The molecule has 0 amide bonds. The van der Waals surface area contributed by atoms with Gasteiger partial charge >= 0.3 is 6.18 Å². The molecule has 0 radical (unpaired) electrons. The van der Waals surface area contributed by atoms with Gasteiger partial charge in [-0.25, -0.2) is 0 Å². The van der Waals surface area contributed by atoms with Crippen molar-refractivity contribution in [1.82, 2.24) is 5.32 Å². The van der Waals surface area contributed by atoms with E-state index in [0.29, 0.717) is 24.3 Å². The number of benzene rings is 1. The van der Waals surface area contributed by atoms with Crippen LogP contribution in [-0.4, -0.2) is 24.4 Å². The van der Waals surface area contributed by atoms with E-state index < -0.39 is 12.1 Å². The molecule has 0 heterocycles. The number of phenolic OH excluding ortho intramolecular Hbond substituents is 1. The summed E-state index contributed by atoms with van der Waals surface area (Å²) in [4.78, 5) is 0. The molecule has 0 bridgehead atoms. The van der Waals surface area contributed by atoms with Gasteiger partial charge in [0.15, 0.2) is 0 Å². The SMILES string of the molecule is COc1ccc(CNC2CCCC(C(F)(F)F)C2)c(O)c1. The summed E-state index contributed by atoms with van der Waals surface area (Å²) in [5.74, 6) is -0.579. The molecule has 1 aromatic carbocycles. The monoisotopic (exact) mass is 303 g/mol. The summed E-state index contributed by atoms with van der Waals surface area (Å²) >= 11 is 0. The molecule has 21 heavy (non-hydrogen) atoms. The van der Waals surface area contributed by atoms with E-state index in [1.54, 1.807) is 12.1 Å². The van der Waals surface area contributed by atoms with Crippen molar-refractivity contribution in [2.75, 3.05) is 7.11 Å². The first-order valence-corrected chi connectivity index (χ1v) is 7.06. The number of alkyl halides is 3. The van der Waals surface area contributed by atoms with E-state index in [-0.39, 0.29) is 24.6 Å². The summed E-state index contributed by atoms with van der Waals surface area (Å²) < 4.78 is 43.2. The molecule has 1 aliphatic carbocycles. The Morgan fingerprint density at radius 2 is 2.10 bits per heavy atom. The van der Waals surface area contributed by atoms with Crippen LogP contribution < -0.4 is 10.1 Å². The Balaban J connectivity index is 1.91. The average Bonchev–Trinajstić information content (AvgIpc) is 2.45. The van der Waals surface area contributed by atoms with Gasteiger partial charge in [-0.1, -0.05) is 12.5 Å². The molecule has 1 saturated carbocycles. The van der Waals surface area contributed by atoms with Gasteiger partial charge in [-0.3, -0.25) is 0 Å². The van der Waals surface area contributed by atoms with E-state index in [2.05, 4.69) is 5.32 Å². The van der Waals surface area contributed by atoms with E-state index in [4.69, 9.17) is 4.74 Å². The normalized spacial score (nSPS) is 23.0. The molecular weight excluding hydrogens is 283 g/mol.